The van der Waals surface area contributed by atoms with Gasteiger partial charge >= 0.3 is 6.03 Å². The standard InChI is InChI=1S/C23H29N3O6S/c1-23(2,3)19-13-17(26-20(27)10-11-24-22(26)28)12-15(21(19)31-4)14-32-18-8-6-16(7-9-18)25-33(5,29)30/h6-9,12-13,25H,10-11,14H2,1-5H3,(H,24,28). The molecule has 3 rings (SSSR count). The lowest BCUT2D eigenvalue weighted by Gasteiger charge is -2.30. The maximum absolute atomic E-state index is 12.5. The van der Waals surface area contributed by atoms with Gasteiger partial charge in [0.05, 0.1) is 19.1 Å². The average molecular weight is 476 g/mol. The zero-order valence-electron chi connectivity index (χ0n) is 19.4. The first-order chi connectivity index (χ1) is 15.4. The van der Waals surface area contributed by atoms with Gasteiger partial charge in [-0.3, -0.25) is 9.52 Å². The average Bonchev–Trinajstić information content (AvgIpc) is 2.71. The minimum absolute atomic E-state index is 0.114. The van der Waals surface area contributed by atoms with E-state index in [1.54, 1.807) is 43.5 Å². The number of ether oxygens (including phenoxy) is 2. The molecule has 10 heteroatoms. The van der Waals surface area contributed by atoms with Crippen LogP contribution in [-0.2, 0) is 26.8 Å². The number of methoxy groups -OCH3 is 1. The van der Waals surface area contributed by atoms with Crippen LogP contribution >= 0.6 is 0 Å². The van der Waals surface area contributed by atoms with Crippen LogP contribution in [0.25, 0.3) is 0 Å². The number of rotatable bonds is 7. The van der Waals surface area contributed by atoms with Crippen molar-refractivity contribution in [2.45, 2.75) is 39.2 Å². The van der Waals surface area contributed by atoms with Gasteiger partial charge in [0.25, 0.3) is 0 Å². The molecule has 1 fully saturated rings. The van der Waals surface area contributed by atoms with E-state index in [0.29, 0.717) is 35.0 Å². The third-order valence-electron chi connectivity index (χ3n) is 5.04. The molecule has 1 saturated heterocycles. The van der Waals surface area contributed by atoms with Crippen molar-refractivity contribution in [3.63, 3.8) is 0 Å². The van der Waals surface area contributed by atoms with E-state index < -0.39 is 16.1 Å². The van der Waals surface area contributed by atoms with E-state index in [0.717, 1.165) is 16.7 Å². The molecule has 178 valence electrons. The lowest BCUT2D eigenvalue weighted by atomic mass is 9.84. The van der Waals surface area contributed by atoms with Crippen molar-refractivity contribution in [2.75, 3.05) is 29.5 Å². The van der Waals surface area contributed by atoms with E-state index in [9.17, 15) is 18.0 Å². The van der Waals surface area contributed by atoms with Gasteiger partial charge in [-0.15, -0.1) is 0 Å². The Hall–Kier alpha value is -3.27. The molecule has 0 radical (unpaired) electrons. The Bertz CT molecular complexity index is 1140. The van der Waals surface area contributed by atoms with Gasteiger partial charge in [-0.1, -0.05) is 20.8 Å². The van der Waals surface area contributed by atoms with Crippen molar-refractivity contribution in [3.8, 4) is 11.5 Å². The molecular weight excluding hydrogens is 446 g/mol. The lowest BCUT2D eigenvalue weighted by molar-refractivity contribution is -0.118. The predicted molar refractivity (Wildman–Crippen MR) is 126 cm³/mol. The van der Waals surface area contributed by atoms with Crippen LogP contribution in [0.5, 0.6) is 11.5 Å². The van der Waals surface area contributed by atoms with Gasteiger partial charge in [0.2, 0.25) is 15.9 Å². The number of anilines is 2. The minimum atomic E-state index is -3.37. The molecule has 3 amide bonds. The molecule has 0 aliphatic carbocycles. The van der Waals surface area contributed by atoms with Gasteiger partial charge < -0.3 is 14.8 Å². The summed E-state index contributed by atoms with van der Waals surface area (Å²) in [5.41, 5.74) is 2.05. The number of sulfonamides is 1. The van der Waals surface area contributed by atoms with E-state index in [-0.39, 0.29) is 24.3 Å². The highest BCUT2D eigenvalue weighted by Crippen LogP contribution is 2.38. The van der Waals surface area contributed by atoms with Gasteiger partial charge in [-0.05, 0) is 41.8 Å². The van der Waals surface area contributed by atoms with Crippen LogP contribution in [0.15, 0.2) is 36.4 Å². The molecule has 0 atom stereocenters. The van der Waals surface area contributed by atoms with Crippen LogP contribution in [0.3, 0.4) is 0 Å². The largest absolute Gasteiger partial charge is 0.496 e. The van der Waals surface area contributed by atoms with Crippen LogP contribution in [0.4, 0.5) is 16.2 Å². The maximum Gasteiger partial charge on any atom is 0.328 e. The molecule has 0 spiro atoms. The quantitative estimate of drug-likeness (QED) is 0.635. The molecule has 2 aromatic carbocycles. The number of carbonyl (C=O) groups excluding carboxylic acids is 2. The first-order valence-corrected chi connectivity index (χ1v) is 12.3. The molecule has 0 saturated carbocycles. The minimum Gasteiger partial charge on any atom is -0.496 e. The molecule has 33 heavy (non-hydrogen) atoms. The fraction of sp³-hybridized carbons (Fsp3) is 0.391. The molecule has 1 aliphatic heterocycles. The third kappa shape index (κ3) is 5.95. The zero-order chi connectivity index (χ0) is 24.4. The van der Waals surface area contributed by atoms with Gasteiger partial charge in [0, 0.05) is 29.8 Å². The number of hydrogen-bond acceptors (Lipinski definition) is 6. The van der Waals surface area contributed by atoms with Crippen molar-refractivity contribution in [1.29, 1.82) is 0 Å². The molecule has 0 aromatic heterocycles. The summed E-state index contributed by atoms with van der Waals surface area (Å²) in [6.07, 6.45) is 1.30. The van der Waals surface area contributed by atoms with Crippen molar-refractivity contribution >= 4 is 33.3 Å². The monoisotopic (exact) mass is 475 g/mol. The highest BCUT2D eigenvalue weighted by atomic mass is 32.2. The molecule has 2 aromatic rings. The number of nitrogens with one attached hydrogen (secondary N) is 2. The van der Waals surface area contributed by atoms with E-state index in [1.807, 2.05) is 20.8 Å². The smallest absolute Gasteiger partial charge is 0.328 e. The van der Waals surface area contributed by atoms with E-state index in [2.05, 4.69) is 10.0 Å². The van der Waals surface area contributed by atoms with Gasteiger partial charge in [0.1, 0.15) is 18.1 Å². The molecular formula is C23H29N3O6S. The van der Waals surface area contributed by atoms with Crippen molar-refractivity contribution < 1.29 is 27.5 Å². The number of benzene rings is 2. The second kappa shape index (κ2) is 9.30. The molecule has 2 N–H and O–H groups in total. The molecule has 0 bridgehead atoms. The van der Waals surface area contributed by atoms with Crippen LogP contribution in [0.2, 0.25) is 0 Å². The Balaban J connectivity index is 1.94. The van der Waals surface area contributed by atoms with Crippen molar-refractivity contribution in [2.24, 2.45) is 0 Å². The van der Waals surface area contributed by atoms with Crippen LogP contribution in [-0.4, -0.2) is 40.3 Å². The molecule has 1 aliphatic rings. The summed E-state index contributed by atoms with van der Waals surface area (Å²) in [5.74, 6) is 0.863. The number of imide groups is 1. The van der Waals surface area contributed by atoms with Crippen LogP contribution in [0.1, 0.15) is 38.3 Å². The molecule has 9 nitrogen and oxygen atoms in total. The Morgan fingerprint density at radius 2 is 1.79 bits per heavy atom. The van der Waals surface area contributed by atoms with Gasteiger partial charge in [-0.2, -0.15) is 0 Å². The SMILES string of the molecule is COc1c(COc2ccc(NS(C)(=O)=O)cc2)cc(N2C(=O)CCNC2=O)cc1C(C)(C)C. The van der Waals surface area contributed by atoms with Crippen molar-refractivity contribution in [3.05, 3.63) is 47.5 Å². The summed E-state index contributed by atoms with van der Waals surface area (Å²) < 4.78 is 36.8. The fourth-order valence-corrected chi connectivity index (χ4v) is 4.11. The second-order valence-electron chi connectivity index (χ2n) is 8.83. The van der Waals surface area contributed by atoms with E-state index >= 15 is 0 Å². The number of amides is 3. The Labute approximate surface area is 194 Å². The van der Waals surface area contributed by atoms with Crippen LogP contribution in [0, 0.1) is 0 Å². The summed E-state index contributed by atoms with van der Waals surface area (Å²) in [6, 6.07) is 9.56. The summed E-state index contributed by atoms with van der Waals surface area (Å²) in [4.78, 5) is 26.1. The van der Waals surface area contributed by atoms with Gasteiger partial charge in [-0.25, -0.2) is 18.1 Å². The number of urea groups is 1. The summed E-state index contributed by atoms with van der Waals surface area (Å²) in [6.45, 7) is 6.49. The number of hydrogen-bond donors (Lipinski definition) is 2. The topological polar surface area (TPSA) is 114 Å². The Morgan fingerprint density at radius 1 is 1.12 bits per heavy atom. The first kappa shape index (κ1) is 24.4. The van der Waals surface area contributed by atoms with E-state index in [1.165, 1.54) is 0 Å². The van der Waals surface area contributed by atoms with E-state index in [4.69, 9.17) is 9.47 Å². The first-order valence-electron chi connectivity index (χ1n) is 10.4. The Kier molecular flexibility index (Phi) is 6.87. The number of nitrogens with zero attached hydrogens (tertiary/aromatic N) is 1. The van der Waals surface area contributed by atoms with Crippen molar-refractivity contribution in [1.82, 2.24) is 5.32 Å². The summed E-state index contributed by atoms with van der Waals surface area (Å²) in [5, 5.41) is 2.70. The normalized spacial score (nSPS) is 14.6. The predicted octanol–water partition coefficient (Wildman–Crippen LogP) is 3.39. The zero-order valence-corrected chi connectivity index (χ0v) is 20.2. The third-order valence-corrected chi connectivity index (χ3v) is 5.65. The van der Waals surface area contributed by atoms with Gasteiger partial charge in [0.15, 0.2) is 0 Å². The maximum atomic E-state index is 12.5. The molecule has 0 unspecified atom stereocenters. The Morgan fingerprint density at radius 3 is 2.33 bits per heavy atom. The summed E-state index contributed by atoms with van der Waals surface area (Å²) >= 11 is 0. The highest BCUT2D eigenvalue weighted by Gasteiger charge is 2.31. The fourth-order valence-electron chi connectivity index (χ4n) is 3.54. The summed E-state index contributed by atoms with van der Waals surface area (Å²) in [7, 11) is -1.80. The lowest BCUT2D eigenvalue weighted by Crippen LogP contribution is -2.50. The number of carbonyl (C=O) groups is 2. The van der Waals surface area contributed by atoms with Crippen LogP contribution < -0.4 is 24.4 Å². The second-order valence-corrected chi connectivity index (χ2v) is 10.6. The molecule has 1 heterocycles. The highest BCUT2D eigenvalue weighted by molar-refractivity contribution is 7.92.